The van der Waals surface area contributed by atoms with Crippen LogP contribution in [0.25, 0.3) is 6.08 Å². The van der Waals surface area contributed by atoms with Crippen molar-refractivity contribution >= 4 is 17.9 Å². The van der Waals surface area contributed by atoms with Gasteiger partial charge in [-0.3, -0.25) is 14.4 Å². The predicted octanol–water partition coefficient (Wildman–Crippen LogP) is 1.81. The number of carbonyl (C=O) groups is 2. The number of fused-ring (bicyclic) bond motifs is 1. The van der Waals surface area contributed by atoms with Gasteiger partial charge >= 0.3 is 0 Å². The second-order valence-corrected chi connectivity index (χ2v) is 5.15. The predicted molar refractivity (Wildman–Crippen MR) is 77.6 cm³/mol. The molecule has 5 nitrogen and oxygen atoms in total. The molecule has 0 radical (unpaired) electrons. The van der Waals surface area contributed by atoms with Crippen LogP contribution in [-0.2, 0) is 14.4 Å². The Morgan fingerprint density at radius 2 is 2.05 bits per heavy atom. The van der Waals surface area contributed by atoms with Gasteiger partial charge in [0.1, 0.15) is 11.7 Å². The van der Waals surface area contributed by atoms with E-state index in [0.29, 0.717) is 25.3 Å². The summed E-state index contributed by atoms with van der Waals surface area (Å²) in [6.45, 7) is 2.79. The van der Waals surface area contributed by atoms with Crippen molar-refractivity contribution in [3.05, 3.63) is 41.6 Å². The summed E-state index contributed by atoms with van der Waals surface area (Å²) in [7, 11) is 0. The number of carbonyl (C=O) groups excluding carboxylic acids is 2. The highest BCUT2D eigenvalue weighted by Crippen LogP contribution is 2.30. The zero-order valence-corrected chi connectivity index (χ0v) is 12.0. The van der Waals surface area contributed by atoms with Crippen molar-refractivity contribution < 1.29 is 14.4 Å². The quantitative estimate of drug-likeness (QED) is 0.796. The maximum atomic E-state index is 12.6. The first-order valence-electron chi connectivity index (χ1n) is 7.27. The lowest BCUT2D eigenvalue weighted by Crippen LogP contribution is -2.55. The molecule has 1 aromatic carbocycles. The minimum Gasteiger partial charge on any atom is -0.325 e. The van der Waals surface area contributed by atoms with Crippen LogP contribution >= 0.6 is 0 Å². The third-order valence-corrected chi connectivity index (χ3v) is 3.80. The summed E-state index contributed by atoms with van der Waals surface area (Å²) >= 11 is 0. The average Bonchev–Trinajstić information content (AvgIpc) is 2.99. The van der Waals surface area contributed by atoms with Crippen LogP contribution in [0.4, 0.5) is 0 Å². The van der Waals surface area contributed by atoms with Gasteiger partial charge in [0.15, 0.2) is 0 Å². The molecule has 0 aliphatic carbocycles. The summed E-state index contributed by atoms with van der Waals surface area (Å²) in [4.78, 5) is 32.2. The lowest BCUT2D eigenvalue weighted by atomic mass is 10.1. The summed E-state index contributed by atoms with van der Waals surface area (Å²) in [5, 5.41) is 1.18. The van der Waals surface area contributed by atoms with Gasteiger partial charge in [-0.1, -0.05) is 30.3 Å². The van der Waals surface area contributed by atoms with Crippen LogP contribution in [0, 0.1) is 0 Å². The topological polar surface area (TPSA) is 49.9 Å². The monoisotopic (exact) mass is 286 g/mol. The van der Waals surface area contributed by atoms with Crippen LogP contribution in [0.1, 0.15) is 25.3 Å². The number of amides is 2. The van der Waals surface area contributed by atoms with E-state index >= 15 is 0 Å². The van der Waals surface area contributed by atoms with E-state index in [-0.39, 0.29) is 17.9 Å². The van der Waals surface area contributed by atoms with Crippen molar-refractivity contribution in [3.8, 4) is 0 Å². The summed E-state index contributed by atoms with van der Waals surface area (Å²) in [6, 6.07) is 9.12. The van der Waals surface area contributed by atoms with Crippen LogP contribution in [0.2, 0.25) is 0 Å². The third-order valence-electron chi connectivity index (χ3n) is 3.80. The minimum absolute atomic E-state index is 0.130. The Bertz CT molecular complexity index is 582. The molecule has 0 N–H and O–H groups in total. The van der Waals surface area contributed by atoms with Crippen LogP contribution in [0.5, 0.6) is 0 Å². The SMILES string of the molecule is CCON1C(=O)[C@@H]2CCCN2C(=O)/C1=C\c1ccccc1. The molecule has 0 aromatic heterocycles. The van der Waals surface area contributed by atoms with Gasteiger partial charge in [-0.2, -0.15) is 5.06 Å². The Kier molecular flexibility index (Phi) is 3.75. The number of hydroxylamine groups is 2. The fraction of sp³-hybridized carbons (Fsp3) is 0.375. The molecule has 1 atom stereocenters. The van der Waals surface area contributed by atoms with Crippen LogP contribution < -0.4 is 0 Å². The van der Waals surface area contributed by atoms with E-state index in [2.05, 4.69) is 0 Å². The van der Waals surface area contributed by atoms with Gasteiger partial charge in [0, 0.05) is 6.54 Å². The van der Waals surface area contributed by atoms with Crippen molar-refractivity contribution in [1.82, 2.24) is 9.96 Å². The Morgan fingerprint density at radius 1 is 1.29 bits per heavy atom. The molecule has 1 aromatic rings. The molecule has 2 amide bonds. The normalized spacial score (nSPS) is 23.9. The highest BCUT2D eigenvalue weighted by molar-refractivity contribution is 6.07. The Morgan fingerprint density at radius 3 is 2.76 bits per heavy atom. The van der Waals surface area contributed by atoms with E-state index in [1.807, 2.05) is 30.3 Å². The molecule has 0 bridgehead atoms. The molecular formula is C16H18N2O3. The van der Waals surface area contributed by atoms with Gasteiger partial charge in [-0.15, -0.1) is 0 Å². The number of hydrogen-bond donors (Lipinski definition) is 0. The van der Waals surface area contributed by atoms with Crippen molar-refractivity contribution in [3.63, 3.8) is 0 Å². The number of rotatable bonds is 3. The summed E-state index contributed by atoms with van der Waals surface area (Å²) in [5.41, 5.74) is 1.17. The molecular weight excluding hydrogens is 268 g/mol. The maximum absolute atomic E-state index is 12.6. The van der Waals surface area contributed by atoms with Gasteiger partial charge < -0.3 is 4.90 Å². The minimum atomic E-state index is -0.364. The highest BCUT2D eigenvalue weighted by atomic mass is 16.7. The highest BCUT2D eigenvalue weighted by Gasteiger charge is 2.45. The zero-order valence-electron chi connectivity index (χ0n) is 12.0. The lowest BCUT2D eigenvalue weighted by molar-refractivity contribution is -0.189. The van der Waals surface area contributed by atoms with Gasteiger partial charge in [0.05, 0.1) is 6.61 Å². The van der Waals surface area contributed by atoms with Crippen LogP contribution in [0.15, 0.2) is 36.0 Å². The Balaban J connectivity index is 2.00. The molecule has 0 spiro atoms. The molecule has 2 heterocycles. The molecule has 21 heavy (non-hydrogen) atoms. The molecule has 5 heteroatoms. The second kappa shape index (κ2) is 5.69. The standard InChI is InChI=1S/C16H18N2O3/c1-2-21-18-14(11-12-7-4-3-5-8-12)15(19)17-10-6-9-13(17)16(18)20/h3-5,7-8,11,13H,2,6,9-10H2,1H3/b14-11+/t13-/m0/s1. The Hall–Kier alpha value is -2.14. The molecule has 2 aliphatic heterocycles. The molecule has 0 unspecified atom stereocenters. The van der Waals surface area contributed by atoms with E-state index in [0.717, 1.165) is 12.0 Å². The summed E-state index contributed by atoms with van der Waals surface area (Å²) in [6.07, 6.45) is 3.29. The number of nitrogens with zero attached hydrogens (tertiary/aromatic N) is 2. The van der Waals surface area contributed by atoms with Gasteiger partial charge in [0.2, 0.25) is 0 Å². The first-order valence-corrected chi connectivity index (χ1v) is 7.27. The molecule has 110 valence electrons. The average molecular weight is 286 g/mol. The van der Waals surface area contributed by atoms with E-state index < -0.39 is 0 Å². The second-order valence-electron chi connectivity index (χ2n) is 5.15. The fourth-order valence-electron chi connectivity index (χ4n) is 2.84. The molecule has 3 rings (SSSR count). The first-order chi connectivity index (χ1) is 10.2. The van der Waals surface area contributed by atoms with Gasteiger partial charge in [-0.05, 0) is 31.4 Å². The molecule has 2 fully saturated rings. The molecule has 0 saturated carbocycles. The third kappa shape index (κ3) is 2.45. The van der Waals surface area contributed by atoms with Crippen molar-refractivity contribution in [2.75, 3.05) is 13.2 Å². The fourth-order valence-corrected chi connectivity index (χ4v) is 2.84. The van der Waals surface area contributed by atoms with Crippen LogP contribution in [0.3, 0.4) is 0 Å². The van der Waals surface area contributed by atoms with E-state index in [1.54, 1.807) is 17.9 Å². The lowest BCUT2D eigenvalue weighted by Gasteiger charge is -2.36. The van der Waals surface area contributed by atoms with Gasteiger partial charge in [0.25, 0.3) is 11.8 Å². The zero-order chi connectivity index (χ0) is 14.8. The molecule has 2 saturated heterocycles. The summed E-state index contributed by atoms with van der Waals surface area (Å²) in [5.74, 6) is -0.273. The number of benzene rings is 1. The van der Waals surface area contributed by atoms with E-state index in [9.17, 15) is 9.59 Å². The summed E-state index contributed by atoms with van der Waals surface area (Å²) < 4.78 is 0. The van der Waals surface area contributed by atoms with Crippen molar-refractivity contribution in [1.29, 1.82) is 0 Å². The van der Waals surface area contributed by atoms with Crippen molar-refractivity contribution in [2.45, 2.75) is 25.8 Å². The Labute approximate surface area is 123 Å². The van der Waals surface area contributed by atoms with Crippen molar-refractivity contribution in [2.24, 2.45) is 0 Å². The van der Waals surface area contributed by atoms with E-state index in [4.69, 9.17) is 4.84 Å². The number of piperazine rings is 1. The van der Waals surface area contributed by atoms with Gasteiger partial charge in [-0.25, -0.2) is 0 Å². The van der Waals surface area contributed by atoms with Crippen LogP contribution in [-0.4, -0.2) is 41.0 Å². The maximum Gasteiger partial charge on any atom is 0.273 e. The number of hydrogen-bond acceptors (Lipinski definition) is 3. The largest absolute Gasteiger partial charge is 0.325 e. The van der Waals surface area contributed by atoms with E-state index in [1.165, 1.54) is 5.06 Å². The first kappa shape index (κ1) is 13.8. The molecule has 2 aliphatic rings. The smallest absolute Gasteiger partial charge is 0.273 e.